The van der Waals surface area contributed by atoms with Gasteiger partial charge in [0, 0.05) is 44.9 Å². The van der Waals surface area contributed by atoms with E-state index in [1.807, 2.05) is 25.3 Å². The zero-order valence-electron chi connectivity index (χ0n) is 16.3. The van der Waals surface area contributed by atoms with E-state index in [1.54, 1.807) is 11.0 Å². The van der Waals surface area contributed by atoms with Gasteiger partial charge < -0.3 is 19.3 Å². The highest BCUT2D eigenvalue weighted by Crippen LogP contribution is 2.26. The molecule has 0 aliphatic carbocycles. The molecule has 5 nitrogen and oxygen atoms in total. The minimum Gasteiger partial charge on any atom is -0.493 e. The van der Waals surface area contributed by atoms with Gasteiger partial charge in [-0.25, -0.2) is 0 Å². The van der Waals surface area contributed by atoms with Gasteiger partial charge in [-0.05, 0) is 47.0 Å². The van der Waals surface area contributed by atoms with Gasteiger partial charge in [-0.15, -0.1) is 0 Å². The molecular weight excluding hydrogens is 352 g/mol. The Morgan fingerprint density at radius 3 is 2.68 bits per heavy atom. The van der Waals surface area contributed by atoms with E-state index in [4.69, 9.17) is 9.47 Å². The largest absolute Gasteiger partial charge is 0.493 e. The molecule has 146 valence electrons. The van der Waals surface area contributed by atoms with E-state index in [2.05, 4.69) is 35.2 Å². The summed E-state index contributed by atoms with van der Waals surface area (Å²) in [5.41, 5.74) is 4.57. The lowest BCUT2D eigenvalue weighted by Gasteiger charge is -2.29. The summed E-state index contributed by atoms with van der Waals surface area (Å²) in [5, 5.41) is 0. The second-order valence-corrected chi connectivity index (χ2v) is 7.26. The van der Waals surface area contributed by atoms with Crippen LogP contribution < -0.4 is 9.64 Å². The van der Waals surface area contributed by atoms with Crippen molar-refractivity contribution in [3.05, 3.63) is 65.2 Å². The van der Waals surface area contributed by atoms with Gasteiger partial charge in [0.05, 0.1) is 19.8 Å². The molecule has 4 rings (SSSR count). The molecule has 0 atom stereocenters. The molecule has 0 N–H and O–H groups in total. The summed E-state index contributed by atoms with van der Waals surface area (Å²) in [6.07, 6.45) is 4.45. The zero-order valence-corrected chi connectivity index (χ0v) is 16.3. The van der Waals surface area contributed by atoms with Crippen LogP contribution in [0.3, 0.4) is 0 Å². The SMILES string of the molecule is CN(Cc1ccc(N2CCOCC2)cc1)C(=O)C=Cc1ccc2c(c1)CCO2. The summed E-state index contributed by atoms with van der Waals surface area (Å²) in [6.45, 7) is 4.75. The molecule has 2 aromatic rings. The minimum atomic E-state index is -0.00555. The molecule has 0 bridgehead atoms. The fourth-order valence-electron chi connectivity index (χ4n) is 3.59. The lowest BCUT2D eigenvalue weighted by atomic mass is 10.1. The predicted molar refractivity (Wildman–Crippen MR) is 111 cm³/mol. The van der Waals surface area contributed by atoms with Crippen molar-refractivity contribution < 1.29 is 14.3 Å². The Balaban J connectivity index is 1.33. The highest BCUT2D eigenvalue weighted by atomic mass is 16.5. The Labute approximate surface area is 166 Å². The molecule has 2 aliphatic rings. The van der Waals surface area contributed by atoms with Crippen molar-refractivity contribution in [3.63, 3.8) is 0 Å². The topological polar surface area (TPSA) is 42.0 Å². The van der Waals surface area contributed by atoms with Crippen molar-refractivity contribution in [2.75, 3.05) is 44.9 Å². The summed E-state index contributed by atoms with van der Waals surface area (Å²) in [5.74, 6) is 0.954. The summed E-state index contributed by atoms with van der Waals surface area (Å²) in [7, 11) is 1.83. The number of anilines is 1. The number of ether oxygens (including phenoxy) is 2. The number of fused-ring (bicyclic) bond motifs is 1. The number of hydrogen-bond donors (Lipinski definition) is 0. The van der Waals surface area contributed by atoms with Crippen molar-refractivity contribution in [2.45, 2.75) is 13.0 Å². The molecule has 5 heteroatoms. The Morgan fingerprint density at radius 2 is 1.89 bits per heavy atom. The normalized spacial score (nSPS) is 16.1. The highest BCUT2D eigenvalue weighted by Gasteiger charge is 2.13. The molecule has 1 fully saturated rings. The maximum absolute atomic E-state index is 12.5. The number of carbonyl (C=O) groups excluding carboxylic acids is 1. The molecule has 0 saturated carbocycles. The molecule has 1 amide bonds. The monoisotopic (exact) mass is 378 g/mol. The third-order valence-corrected chi connectivity index (χ3v) is 5.24. The van der Waals surface area contributed by atoms with E-state index >= 15 is 0 Å². The number of morpholine rings is 1. The Bertz CT molecular complexity index is 855. The van der Waals surface area contributed by atoms with Crippen LogP contribution in [0.25, 0.3) is 6.08 Å². The lowest BCUT2D eigenvalue weighted by molar-refractivity contribution is -0.125. The molecule has 2 aliphatic heterocycles. The first kappa shape index (κ1) is 18.6. The van der Waals surface area contributed by atoms with Crippen molar-refractivity contribution in [1.29, 1.82) is 0 Å². The summed E-state index contributed by atoms with van der Waals surface area (Å²) in [4.78, 5) is 16.5. The van der Waals surface area contributed by atoms with E-state index in [0.717, 1.165) is 56.2 Å². The first-order chi connectivity index (χ1) is 13.7. The van der Waals surface area contributed by atoms with Gasteiger partial charge in [0.1, 0.15) is 5.75 Å². The maximum atomic E-state index is 12.5. The van der Waals surface area contributed by atoms with Crippen molar-refractivity contribution >= 4 is 17.7 Å². The third kappa shape index (κ3) is 4.37. The Hall–Kier alpha value is -2.79. The molecule has 2 aromatic carbocycles. The number of carbonyl (C=O) groups is 1. The van der Waals surface area contributed by atoms with Gasteiger partial charge in [-0.1, -0.05) is 18.2 Å². The second kappa shape index (κ2) is 8.48. The first-order valence-electron chi connectivity index (χ1n) is 9.79. The minimum absolute atomic E-state index is 0.00555. The fraction of sp³-hybridized carbons (Fsp3) is 0.348. The first-order valence-corrected chi connectivity index (χ1v) is 9.79. The van der Waals surface area contributed by atoms with Gasteiger partial charge in [-0.2, -0.15) is 0 Å². The van der Waals surface area contributed by atoms with E-state index in [-0.39, 0.29) is 5.91 Å². The smallest absolute Gasteiger partial charge is 0.246 e. The standard InChI is InChI=1S/C23H26N2O3/c1-24(17-19-2-6-21(7-3-19)25-11-14-27-15-12-25)23(26)9-5-18-4-8-22-20(16-18)10-13-28-22/h2-9,16H,10-15,17H2,1H3. The van der Waals surface area contributed by atoms with E-state index < -0.39 is 0 Å². The third-order valence-electron chi connectivity index (χ3n) is 5.24. The quantitative estimate of drug-likeness (QED) is 0.750. The van der Waals surface area contributed by atoms with Crippen LogP contribution in [0.2, 0.25) is 0 Å². The summed E-state index contributed by atoms with van der Waals surface area (Å²) >= 11 is 0. The van der Waals surface area contributed by atoms with Crippen LogP contribution in [0.15, 0.2) is 48.5 Å². The second-order valence-electron chi connectivity index (χ2n) is 7.26. The summed E-state index contributed by atoms with van der Waals surface area (Å²) in [6, 6.07) is 14.5. The maximum Gasteiger partial charge on any atom is 0.246 e. The van der Waals surface area contributed by atoms with E-state index in [0.29, 0.717) is 6.54 Å². The number of rotatable bonds is 5. The molecule has 1 saturated heterocycles. The fourth-order valence-corrected chi connectivity index (χ4v) is 3.59. The Kier molecular flexibility index (Phi) is 5.63. The van der Waals surface area contributed by atoms with E-state index in [9.17, 15) is 4.79 Å². The van der Waals surface area contributed by atoms with Crippen LogP contribution in [0.1, 0.15) is 16.7 Å². The number of benzene rings is 2. The van der Waals surface area contributed by atoms with Gasteiger partial charge in [0.15, 0.2) is 0 Å². The predicted octanol–water partition coefficient (Wildman–Crippen LogP) is 3.13. The van der Waals surface area contributed by atoms with Crippen LogP contribution in [-0.2, 0) is 22.5 Å². The molecule has 0 unspecified atom stereocenters. The molecule has 0 aromatic heterocycles. The van der Waals surface area contributed by atoms with Gasteiger partial charge >= 0.3 is 0 Å². The highest BCUT2D eigenvalue weighted by molar-refractivity contribution is 5.91. The van der Waals surface area contributed by atoms with Crippen LogP contribution in [-0.4, -0.2) is 50.8 Å². The molecule has 0 spiro atoms. The number of nitrogens with zero attached hydrogens (tertiary/aromatic N) is 2. The van der Waals surface area contributed by atoms with E-state index in [1.165, 1.54) is 11.3 Å². The van der Waals surface area contributed by atoms with Crippen LogP contribution in [0.4, 0.5) is 5.69 Å². The Morgan fingerprint density at radius 1 is 1.11 bits per heavy atom. The average Bonchev–Trinajstić information content (AvgIpc) is 3.21. The molecule has 0 radical (unpaired) electrons. The molecule has 28 heavy (non-hydrogen) atoms. The van der Waals surface area contributed by atoms with Crippen molar-refractivity contribution in [1.82, 2.24) is 4.90 Å². The van der Waals surface area contributed by atoms with Crippen molar-refractivity contribution in [3.8, 4) is 5.75 Å². The van der Waals surface area contributed by atoms with Gasteiger partial charge in [-0.3, -0.25) is 4.79 Å². The van der Waals surface area contributed by atoms with Crippen LogP contribution >= 0.6 is 0 Å². The van der Waals surface area contributed by atoms with Gasteiger partial charge in [0.25, 0.3) is 0 Å². The lowest BCUT2D eigenvalue weighted by Crippen LogP contribution is -2.36. The molecule has 2 heterocycles. The van der Waals surface area contributed by atoms with Gasteiger partial charge in [0.2, 0.25) is 5.91 Å². The number of amides is 1. The van der Waals surface area contributed by atoms with Crippen LogP contribution in [0, 0.1) is 0 Å². The summed E-state index contributed by atoms with van der Waals surface area (Å²) < 4.78 is 10.9. The molecular formula is C23H26N2O3. The van der Waals surface area contributed by atoms with Crippen LogP contribution in [0.5, 0.6) is 5.75 Å². The zero-order chi connectivity index (χ0) is 19.3. The van der Waals surface area contributed by atoms with Crippen molar-refractivity contribution in [2.24, 2.45) is 0 Å². The average molecular weight is 378 g/mol. The number of likely N-dealkylation sites (N-methyl/N-ethyl adjacent to an activating group) is 1. The number of hydrogen-bond acceptors (Lipinski definition) is 4.